The lowest BCUT2D eigenvalue weighted by molar-refractivity contribution is -0.134. The van der Waals surface area contributed by atoms with Crippen molar-refractivity contribution in [2.75, 3.05) is 18.4 Å². The predicted octanol–water partition coefficient (Wildman–Crippen LogP) is 3.58. The molecule has 0 atom stereocenters. The van der Waals surface area contributed by atoms with E-state index in [1.165, 1.54) is 28.3 Å². The number of rotatable bonds is 13. The summed E-state index contributed by atoms with van der Waals surface area (Å²) in [5.41, 5.74) is 1.80. The molecule has 0 unspecified atom stereocenters. The van der Waals surface area contributed by atoms with Crippen molar-refractivity contribution in [3.8, 4) is 0 Å². The largest absolute Gasteiger partial charge is 0.480 e. The van der Waals surface area contributed by atoms with E-state index in [4.69, 9.17) is 5.11 Å². The molecule has 174 valence electrons. The number of unbranched alkanes of at least 4 members (excludes halogenated alkanes) is 2. The van der Waals surface area contributed by atoms with Crippen molar-refractivity contribution in [2.24, 2.45) is 0 Å². The number of hydrogen-bond donors (Lipinski definition) is 2. The van der Waals surface area contributed by atoms with Crippen molar-refractivity contribution in [2.45, 2.75) is 37.1 Å². The zero-order valence-corrected chi connectivity index (χ0v) is 19.1. The number of aliphatic carboxylic acids is 1. The fraction of sp³-hybridized carbons (Fsp3) is 0.292. The average molecular weight is 469 g/mol. The predicted molar refractivity (Wildman–Crippen MR) is 126 cm³/mol. The highest BCUT2D eigenvalue weighted by molar-refractivity contribution is 7.89. The van der Waals surface area contributed by atoms with Crippen LogP contribution in [0.3, 0.4) is 0 Å². The molecule has 2 aromatic heterocycles. The summed E-state index contributed by atoms with van der Waals surface area (Å²) < 4.78 is 28.0. The van der Waals surface area contributed by atoms with Crippen molar-refractivity contribution in [1.82, 2.24) is 14.3 Å². The van der Waals surface area contributed by atoms with Gasteiger partial charge in [0.05, 0.1) is 12.2 Å². The molecule has 0 saturated heterocycles. The average Bonchev–Trinajstić information content (AvgIpc) is 2.83. The lowest BCUT2D eigenvalue weighted by atomic mass is 10.1. The Hall–Kier alpha value is -3.30. The molecule has 33 heavy (non-hydrogen) atoms. The van der Waals surface area contributed by atoms with Gasteiger partial charge in [-0.25, -0.2) is 13.4 Å². The summed E-state index contributed by atoms with van der Waals surface area (Å²) in [5, 5.41) is 11.6. The third-order valence-corrected chi connectivity index (χ3v) is 6.88. The first kappa shape index (κ1) is 24.3. The van der Waals surface area contributed by atoms with Gasteiger partial charge in [0.25, 0.3) is 0 Å². The van der Waals surface area contributed by atoms with Crippen LogP contribution in [0.1, 0.15) is 30.5 Å². The molecule has 2 heterocycles. The number of aromatic nitrogens is 2. The van der Waals surface area contributed by atoms with Gasteiger partial charge >= 0.3 is 5.97 Å². The lowest BCUT2D eigenvalue weighted by Gasteiger charge is -2.22. The molecule has 0 saturated carbocycles. The standard InChI is InChI=1S/C24H28N4O4S/c29-24(30)18-26-23-14-7-12-21(27-23)19-28(33(31,32)22-13-8-15-25-17-22)16-6-2-5-11-20-9-3-1-4-10-20/h1,3-4,7-10,12-15,17H,2,5-6,11,16,18-19H2,(H,26,27)(H,29,30). The van der Waals surface area contributed by atoms with E-state index in [2.05, 4.69) is 27.4 Å². The van der Waals surface area contributed by atoms with Crippen LogP contribution >= 0.6 is 0 Å². The van der Waals surface area contributed by atoms with Crippen LogP contribution < -0.4 is 5.32 Å². The first-order chi connectivity index (χ1) is 15.9. The zero-order chi connectivity index (χ0) is 23.5. The maximum absolute atomic E-state index is 13.3. The molecule has 2 N–H and O–H groups in total. The quantitative estimate of drug-likeness (QED) is 0.369. The maximum atomic E-state index is 13.3. The molecule has 0 aliphatic carbocycles. The number of hydrogen-bond acceptors (Lipinski definition) is 6. The first-order valence-corrected chi connectivity index (χ1v) is 12.2. The number of benzene rings is 1. The molecule has 0 radical (unpaired) electrons. The lowest BCUT2D eigenvalue weighted by Crippen LogP contribution is -2.32. The molecule has 1 aromatic carbocycles. The van der Waals surface area contributed by atoms with Crippen molar-refractivity contribution in [1.29, 1.82) is 0 Å². The van der Waals surface area contributed by atoms with Gasteiger partial charge in [-0.05, 0) is 49.1 Å². The highest BCUT2D eigenvalue weighted by Crippen LogP contribution is 2.19. The van der Waals surface area contributed by atoms with Gasteiger partial charge in [-0.1, -0.05) is 42.8 Å². The molecule has 3 rings (SSSR count). The molecule has 8 nitrogen and oxygen atoms in total. The van der Waals surface area contributed by atoms with E-state index in [0.29, 0.717) is 24.5 Å². The molecule has 0 spiro atoms. The second kappa shape index (κ2) is 12.1. The number of anilines is 1. The van der Waals surface area contributed by atoms with Crippen LogP contribution in [-0.4, -0.2) is 46.9 Å². The van der Waals surface area contributed by atoms with E-state index in [1.807, 2.05) is 18.2 Å². The van der Waals surface area contributed by atoms with E-state index in [1.54, 1.807) is 24.3 Å². The number of carboxylic acids is 1. The van der Waals surface area contributed by atoms with E-state index < -0.39 is 16.0 Å². The Morgan fingerprint density at radius 2 is 1.79 bits per heavy atom. The van der Waals surface area contributed by atoms with Gasteiger partial charge < -0.3 is 10.4 Å². The molecule has 0 bridgehead atoms. The summed E-state index contributed by atoms with van der Waals surface area (Å²) in [6.45, 7) is 0.161. The van der Waals surface area contributed by atoms with Crippen LogP contribution in [0.15, 0.2) is 78.0 Å². The summed E-state index contributed by atoms with van der Waals surface area (Å²) in [4.78, 5) is 19.3. The Kier molecular flexibility index (Phi) is 8.91. The molecule has 0 amide bonds. The van der Waals surface area contributed by atoms with Crippen molar-refractivity contribution in [3.63, 3.8) is 0 Å². The number of pyridine rings is 2. The van der Waals surface area contributed by atoms with Gasteiger partial charge in [-0.15, -0.1) is 0 Å². The topological polar surface area (TPSA) is 112 Å². The first-order valence-electron chi connectivity index (χ1n) is 10.8. The van der Waals surface area contributed by atoms with E-state index in [9.17, 15) is 13.2 Å². The number of carboxylic acid groups (broad SMARTS) is 1. The van der Waals surface area contributed by atoms with Crippen LogP contribution in [0.25, 0.3) is 0 Å². The molecular formula is C24H28N4O4S. The van der Waals surface area contributed by atoms with Crippen LogP contribution in [0, 0.1) is 0 Å². The molecule has 0 aliphatic rings. The van der Waals surface area contributed by atoms with Gasteiger partial charge in [0.2, 0.25) is 10.0 Å². The maximum Gasteiger partial charge on any atom is 0.322 e. The molecule has 3 aromatic rings. The number of aryl methyl sites for hydroxylation is 1. The van der Waals surface area contributed by atoms with Crippen LogP contribution in [0.2, 0.25) is 0 Å². The highest BCUT2D eigenvalue weighted by Gasteiger charge is 2.25. The number of nitrogens with zero attached hydrogens (tertiary/aromatic N) is 3. The number of nitrogens with one attached hydrogen (secondary N) is 1. The monoisotopic (exact) mass is 468 g/mol. The fourth-order valence-corrected chi connectivity index (χ4v) is 4.80. The third-order valence-electron chi connectivity index (χ3n) is 5.05. The third kappa shape index (κ3) is 7.65. The number of carbonyl (C=O) groups is 1. The summed E-state index contributed by atoms with van der Waals surface area (Å²) in [5.74, 6) is -0.616. The zero-order valence-electron chi connectivity index (χ0n) is 18.3. The Balaban J connectivity index is 1.68. The number of sulfonamides is 1. The molecule has 0 fully saturated rings. The smallest absolute Gasteiger partial charge is 0.322 e. The van der Waals surface area contributed by atoms with Crippen LogP contribution in [-0.2, 0) is 27.8 Å². The highest BCUT2D eigenvalue weighted by atomic mass is 32.2. The van der Waals surface area contributed by atoms with Gasteiger partial charge in [0.15, 0.2) is 0 Å². The van der Waals surface area contributed by atoms with Gasteiger partial charge in [-0.2, -0.15) is 4.31 Å². The van der Waals surface area contributed by atoms with Gasteiger partial charge in [0, 0.05) is 18.9 Å². The second-order valence-corrected chi connectivity index (χ2v) is 9.52. The Morgan fingerprint density at radius 3 is 2.52 bits per heavy atom. The minimum Gasteiger partial charge on any atom is -0.480 e. The summed E-state index contributed by atoms with van der Waals surface area (Å²) in [7, 11) is -3.76. The van der Waals surface area contributed by atoms with Gasteiger partial charge in [-0.3, -0.25) is 9.78 Å². The summed E-state index contributed by atoms with van der Waals surface area (Å²) in [6, 6.07) is 18.4. The SMILES string of the molecule is O=C(O)CNc1cccc(CN(CCCCCc2ccccc2)S(=O)(=O)c2cccnc2)n1. The minimum atomic E-state index is -3.76. The van der Waals surface area contributed by atoms with Crippen LogP contribution in [0.5, 0.6) is 0 Å². The molecule has 9 heteroatoms. The summed E-state index contributed by atoms with van der Waals surface area (Å²) in [6.07, 6.45) is 6.40. The van der Waals surface area contributed by atoms with E-state index in [0.717, 1.165) is 19.3 Å². The van der Waals surface area contributed by atoms with E-state index in [-0.39, 0.29) is 18.0 Å². The van der Waals surface area contributed by atoms with Crippen LogP contribution in [0.4, 0.5) is 5.82 Å². The van der Waals surface area contributed by atoms with E-state index >= 15 is 0 Å². The Bertz CT molecular complexity index is 1130. The van der Waals surface area contributed by atoms with Crippen molar-refractivity contribution < 1.29 is 18.3 Å². The minimum absolute atomic E-state index is 0.0818. The molecule has 0 aliphatic heterocycles. The molecular weight excluding hydrogens is 440 g/mol. The Morgan fingerprint density at radius 1 is 0.970 bits per heavy atom. The fourth-order valence-electron chi connectivity index (χ4n) is 3.38. The van der Waals surface area contributed by atoms with Gasteiger partial charge in [0.1, 0.15) is 17.3 Å². The van der Waals surface area contributed by atoms with Crippen molar-refractivity contribution >= 4 is 21.8 Å². The summed E-state index contributed by atoms with van der Waals surface area (Å²) >= 11 is 0. The van der Waals surface area contributed by atoms with Crippen molar-refractivity contribution in [3.05, 3.63) is 84.3 Å². The second-order valence-electron chi connectivity index (χ2n) is 7.59. The normalized spacial score (nSPS) is 11.4. The Labute approximate surface area is 194 Å².